The van der Waals surface area contributed by atoms with Gasteiger partial charge in [0.05, 0.1) is 12.3 Å². The van der Waals surface area contributed by atoms with Crippen molar-refractivity contribution in [1.29, 1.82) is 0 Å². The second-order valence-corrected chi connectivity index (χ2v) is 7.72. The number of carbonyl (C=O) groups is 2. The maximum atomic E-state index is 12.5. The van der Waals surface area contributed by atoms with E-state index >= 15 is 0 Å². The van der Waals surface area contributed by atoms with Gasteiger partial charge in [-0.3, -0.25) is 4.90 Å². The van der Waals surface area contributed by atoms with E-state index in [0.717, 1.165) is 31.7 Å². The Kier molecular flexibility index (Phi) is 6.81. The van der Waals surface area contributed by atoms with Gasteiger partial charge < -0.3 is 15.4 Å². The fraction of sp³-hybridized carbons (Fsp3) is 0.292. The second-order valence-electron chi connectivity index (χ2n) is 7.72. The molecule has 32 heavy (non-hydrogen) atoms. The average Bonchev–Trinajstić information content (AvgIpc) is 3.45. The smallest absolute Gasteiger partial charge is 0.358 e. The van der Waals surface area contributed by atoms with Crippen LogP contribution in [0.5, 0.6) is 0 Å². The Labute approximate surface area is 187 Å². The lowest BCUT2D eigenvalue weighted by molar-refractivity contribution is 0.0519. The first kappa shape index (κ1) is 21.6. The Morgan fingerprint density at radius 2 is 1.97 bits per heavy atom. The van der Waals surface area contributed by atoms with Crippen LogP contribution in [0.2, 0.25) is 0 Å². The molecule has 1 fully saturated rings. The molecule has 8 nitrogen and oxygen atoms in total. The molecule has 2 heterocycles. The maximum Gasteiger partial charge on any atom is 0.358 e. The quantitative estimate of drug-likeness (QED) is 0.557. The Morgan fingerprint density at radius 3 is 2.78 bits per heavy atom. The van der Waals surface area contributed by atoms with E-state index in [-0.39, 0.29) is 17.8 Å². The van der Waals surface area contributed by atoms with Gasteiger partial charge in [-0.15, -0.1) is 0 Å². The van der Waals surface area contributed by atoms with E-state index < -0.39 is 5.97 Å². The van der Waals surface area contributed by atoms with Crippen LogP contribution in [0.25, 0.3) is 5.69 Å². The number of rotatable bonds is 7. The number of carbonyl (C=O) groups excluding carboxylic acids is 2. The lowest BCUT2D eigenvalue weighted by Crippen LogP contribution is -2.39. The lowest BCUT2D eigenvalue weighted by atomic mass is 10.2. The van der Waals surface area contributed by atoms with Gasteiger partial charge in [-0.2, -0.15) is 5.10 Å². The summed E-state index contributed by atoms with van der Waals surface area (Å²) < 4.78 is 6.55. The monoisotopic (exact) mass is 433 g/mol. The van der Waals surface area contributed by atoms with Crippen molar-refractivity contribution >= 4 is 17.7 Å². The van der Waals surface area contributed by atoms with Crippen molar-refractivity contribution in [3.8, 4) is 5.69 Å². The molecular formula is C24H27N5O3. The molecule has 0 saturated carbocycles. The number of esters is 1. The van der Waals surface area contributed by atoms with Crippen molar-refractivity contribution in [2.45, 2.75) is 25.9 Å². The van der Waals surface area contributed by atoms with Gasteiger partial charge in [0.15, 0.2) is 5.69 Å². The molecule has 2 N–H and O–H groups in total. The first-order chi connectivity index (χ1) is 15.6. The fourth-order valence-corrected chi connectivity index (χ4v) is 3.80. The molecule has 0 unspecified atom stereocenters. The summed E-state index contributed by atoms with van der Waals surface area (Å²) in [5.74, 6) is -0.460. The van der Waals surface area contributed by atoms with Gasteiger partial charge in [-0.1, -0.05) is 36.4 Å². The lowest BCUT2D eigenvalue weighted by Gasteiger charge is -2.17. The van der Waals surface area contributed by atoms with Crippen LogP contribution < -0.4 is 10.6 Å². The van der Waals surface area contributed by atoms with Crippen molar-refractivity contribution in [2.75, 3.05) is 25.0 Å². The van der Waals surface area contributed by atoms with E-state index in [1.807, 2.05) is 36.4 Å². The summed E-state index contributed by atoms with van der Waals surface area (Å²) in [7, 11) is 0. The number of urea groups is 1. The molecule has 1 aliphatic heterocycles. The summed E-state index contributed by atoms with van der Waals surface area (Å²) >= 11 is 0. The minimum absolute atomic E-state index is 0.111. The SMILES string of the molecule is CCOC(=O)c1ccn(-c2cccc(NC(=O)N[C@H]3CCN(Cc4ccccc4)C3)c2)n1. The highest BCUT2D eigenvalue weighted by molar-refractivity contribution is 5.90. The summed E-state index contributed by atoms with van der Waals surface area (Å²) in [6.07, 6.45) is 2.61. The Morgan fingerprint density at radius 1 is 1.12 bits per heavy atom. The number of aromatic nitrogens is 2. The van der Waals surface area contributed by atoms with Crippen LogP contribution in [0, 0.1) is 0 Å². The van der Waals surface area contributed by atoms with Gasteiger partial charge in [0.2, 0.25) is 0 Å². The zero-order chi connectivity index (χ0) is 22.3. The van der Waals surface area contributed by atoms with E-state index in [9.17, 15) is 9.59 Å². The van der Waals surface area contributed by atoms with E-state index in [1.54, 1.807) is 29.9 Å². The Balaban J connectivity index is 1.31. The number of hydrogen-bond acceptors (Lipinski definition) is 5. The van der Waals surface area contributed by atoms with E-state index in [2.05, 4.69) is 32.8 Å². The first-order valence-electron chi connectivity index (χ1n) is 10.8. The molecule has 1 aliphatic rings. The van der Waals surface area contributed by atoms with Crippen molar-refractivity contribution in [2.24, 2.45) is 0 Å². The molecule has 0 aliphatic carbocycles. The molecule has 0 spiro atoms. The number of ether oxygens (including phenoxy) is 1. The van der Waals surface area contributed by atoms with Crippen LogP contribution in [0.4, 0.5) is 10.5 Å². The normalized spacial score (nSPS) is 16.0. The topological polar surface area (TPSA) is 88.5 Å². The third-order valence-electron chi connectivity index (χ3n) is 5.30. The number of benzene rings is 2. The van der Waals surface area contributed by atoms with Gasteiger partial charge in [0.1, 0.15) is 0 Å². The highest BCUT2D eigenvalue weighted by Crippen LogP contribution is 2.16. The zero-order valence-corrected chi connectivity index (χ0v) is 18.0. The van der Waals surface area contributed by atoms with Crippen molar-refractivity contribution < 1.29 is 14.3 Å². The summed E-state index contributed by atoms with van der Waals surface area (Å²) in [5, 5.41) is 10.2. The molecule has 1 atom stereocenters. The first-order valence-corrected chi connectivity index (χ1v) is 10.8. The number of likely N-dealkylation sites (tertiary alicyclic amines) is 1. The third kappa shape index (κ3) is 5.53. The third-order valence-corrected chi connectivity index (χ3v) is 5.30. The highest BCUT2D eigenvalue weighted by atomic mass is 16.5. The standard InChI is InChI=1S/C24H27N5O3/c1-2-32-23(30)22-12-14-29(27-22)21-10-6-9-19(15-21)25-24(31)26-20-11-13-28(17-20)16-18-7-4-3-5-8-18/h3-10,12,14-15,20H,2,11,13,16-17H2,1H3,(H2,25,26,31)/t20-/m0/s1. The minimum Gasteiger partial charge on any atom is -0.461 e. The molecule has 4 rings (SSSR count). The number of nitrogens with zero attached hydrogens (tertiary/aromatic N) is 3. The number of amides is 2. The minimum atomic E-state index is -0.460. The van der Waals surface area contributed by atoms with E-state index in [1.165, 1.54) is 5.56 Å². The largest absolute Gasteiger partial charge is 0.461 e. The zero-order valence-electron chi connectivity index (χ0n) is 18.0. The number of anilines is 1. The highest BCUT2D eigenvalue weighted by Gasteiger charge is 2.23. The van der Waals surface area contributed by atoms with Crippen LogP contribution in [0.1, 0.15) is 29.4 Å². The molecule has 1 aromatic heterocycles. The molecule has 0 bridgehead atoms. The summed E-state index contributed by atoms with van der Waals surface area (Å²) in [4.78, 5) is 26.7. The molecule has 166 valence electrons. The summed E-state index contributed by atoms with van der Waals surface area (Å²) in [6, 6.07) is 19.1. The molecule has 2 aromatic carbocycles. The molecular weight excluding hydrogens is 406 g/mol. The summed E-state index contributed by atoms with van der Waals surface area (Å²) in [6.45, 7) is 4.72. The Bertz CT molecular complexity index is 1070. The Hall–Kier alpha value is -3.65. The fourth-order valence-electron chi connectivity index (χ4n) is 3.80. The van der Waals surface area contributed by atoms with Gasteiger partial charge in [0, 0.05) is 37.6 Å². The second kappa shape index (κ2) is 10.1. The molecule has 2 amide bonds. The van der Waals surface area contributed by atoms with Crippen molar-refractivity contribution in [3.63, 3.8) is 0 Å². The maximum absolute atomic E-state index is 12.5. The molecule has 1 saturated heterocycles. The van der Waals surface area contributed by atoms with Crippen LogP contribution >= 0.6 is 0 Å². The van der Waals surface area contributed by atoms with Gasteiger partial charge in [-0.25, -0.2) is 14.3 Å². The van der Waals surface area contributed by atoms with E-state index in [0.29, 0.717) is 12.3 Å². The molecule has 8 heteroatoms. The van der Waals surface area contributed by atoms with Crippen LogP contribution in [-0.4, -0.2) is 52.4 Å². The molecule has 3 aromatic rings. The van der Waals surface area contributed by atoms with E-state index in [4.69, 9.17) is 4.74 Å². The van der Waals surface area contributed by atoms with Crippen LogP contribution in [-0.2, 0) is 11.3 Å². The number of nitrogens with one attached hydrogen (secondary N) is 2. The van der Waals surface area contributed by atoms with Gasteiger partial charge in [0.25, 0.3) is 0 Å². The average molecular weight is 434 g/mol. The van der Waals surface area contributed by atoms with Crippen molar-refractivity contribution in [1.82, 2.24) is 20.0 Å². The predicted molar refractivity (Wildman–Crippen MR) is 122 cm³/mol. The van der Waals surface area contributed by atoms with Gasteiger partial charge in [-0.05, 0) is 43.2 Å². The summed E-state index contributed by atoms with van der Waals surface area (Å²) in [5.41, 5.74) is 2.89. The van der Waals surface area contributed by atoms with Gasteiger partial charge >= 0.3 is 12.0 Å². The molecule has 0 radical (unpaired) electrons. The van der Waals surface area contributed by atoms with Crippen LogP contribution in [0.15, 0.2) is 66.9 Å². The van der Waals surface area contributed by atoms with Crippen LogP contribution in [0.3, 0.4) is 0 Å². The van der Waals surface area contributed by atoms with Crippen molar-refractivity contribution in [3.05, 3.63) is 78.1 Å². The number of hydrogen-bond donors (Lipinski definition) is 2. The predicted octanol–water partition coefficient (Wildman–Crippen LogP) is 3.45.